The van der Waals surface area contributed by atoms with Crippen molar-refractivity contribution in [3.8, 4) is 11.1 Å². The summed E-state index contributed by atoms with van der Waals surface area (Å²) in [6.07, 6.45) is -0.167. The first-order valence-corrected chi connectivity index (χ1v) is 11.4. The third-order valence-electron chi connectivity index (χ3n) is 5.22. The number of carbonyl (C=O) groups excluding carboxylic acids is 2. The molecule has 0 radical (unpaired) electrons. The Morgan fingerprint density at radius 1 is 1.06 bits per heavy atom. The second-order valence-electron chi connectivity index (χ2n) is 9.69. The number of ether oxygens (including phenoxy) is 2. The number of carbonyl (C=O) groups is 2. The highest BCUT2D eigenvalue weighted by Gasteiger charge is 2.24. The maximum atomic E-state index is 15.1. The van der Waals surface area contributed by atoms with Gasteiger partial charge in [-0.1, -0.05) is 19.9 Å². The Morgan fingerprint density at radius 2 is 1.71 bits per heavy atom. The highest BCUT2D eigenvalue weighted by molar-refractivity contribution is 6.01. The SMILES string of the molecule is COC(=O)c1ccc2nc(CC(C)C)c(CNC(=O)OC(C)(C)C)c(-c3c(F)cccc3F)c2c1. The highest BCUT2D eigenvalue weighted by Crippen LogP contribution is 2.37. The number of amides is 1. The van der Waals surface area contributed by atoms with E-state index in [1.165, 1.54) is 31.4 Å². The van der Waals surface area contributed by atoms with Crippen LogP contribution in [0.1, 0.15) is 56.2 Å². The average Bonchev–Trinajstić information content (AvgIpc) is 2.75. The number of hydrogen-bond donors (Lipinski definition) is 1. The van der Waals surface area contributed by atoms with E-state index in [1.54, 1.807) is 32.9 Å². The summed E-state index contributed by atoms with van der Waals surface area (Å²) in [7, 11) is 1.25. The van der Waals surface area contributed by atoms with Crippen LogP contribution in [0.2, 0.25) is 0 Å². The molecule has 0 aliphatic rings. The van der Waals surface area contributed by atoms with Crippen LogP contribution in [-0.4, -0.2) is 29.8 Å². The van der Waals surface area contributed by atoms with Crippen molar-refractivity contribution in [3.63, 3.8) is 0 Å². The minimum absolute atomic E-state index is 0.0779. The Hall–Kier alpha value is -3.55. The lowest BCUT2D eigenvalue weighted by atomic mass is 9.90. The molecule has 2 aromatic carbocycles. The molecule has 6 nitrogen and oxygen atoms in total. The van der Waals surface area contributed by atoms with E-state index >= 15 is 8.78 Å². The quantitative estimate of drug-likeness (QED) is 0.422. The molecule has 1 aromatic heterocycles. The molecule has 0 unspecified atom stereocenters. The van der Waals surface area contributed by atoms with Crippen LogP contribution in [0.25, 0.3) is 22.0 Å². The monoisotopic (exact) mass is 484 g/mol. The molecular formula is C27H30F2N2O4. The molecular weight excluding hydrogens is 454 g/mol. The summed E-state index contributed by atoms with van der Waals surface area (Å²) in [5, 5.41) is 3.06. The van der Waals surface area contributed by atoms with Crippen LogP contribution in [0.4, 0.5) is 13.6 Å². The fraction of sp³-hybridized carbons (Fsp3) is 0.370. The number of nitrogens with zero attached hydrogens (tertiary/aromatic N) is 1. The van der Waals surface area contributed by atoms with Crippen molar-refractivity contribution in [2.24, 2.45) is 5.92 Å². The van der Waals surface area contributed by atoms with Crippen LogP contribution < -0.4 is 5.32 Å². The van der Waals surface area contributed by atoms with Crippen molar-refractivity contribution in [1.29, 1.82) is 0 Å². The summed E-state index contributed by atoms with van der Waals surface area (Å²) in [4.78, 5) is 29.4. The number of methoxy groups -OCH3 is 1. The molecule has 0 saturated heterocycles. The third kappa shape index (κ3) is 6.12. The molecule has 35 heavy (non-hydrogen) atoms. The lowest BCUT2D eigenvalue weighted by Crippen LogP contribution is -2.32. The lowest BCUT2D eigenvalue weighted by Gasteiger charge is -2.22. The minimum Gasteiger partial charge on any atom is -0.465 e. The number of esters is 1. The van der Waals surface area contributed by atoms with Crippen LogP contribution in [0, 0.1) is 17.6 Å². The molecule has 0 spiro atoms. The molecule has 0 saturated carbocycles. The van der Waals surface area contributed by atoms with Gasteiger partial charge in [0.25, 0.3) is 0 Å². The van der Waals surface area contributed by atoms with Gasteiger partial charge in [-0.05, 0) is 63.4 Å². The van der Waals surface area contributed by atoms with Crippen molar-refractivity contribution < 1.29 is 27.8 Å². The van der Waals surface area contributed by atoms with E-state index in [0.717, 1.165) is 0 Å². The lowest BCUT2D eigenvalue weighted by molar-refractivity contribution is 0.0522. The van der Waals surface area contributed by atoms with E-state index in [4.69, 9.17) is 14.5 Å². The van der Waals surface area contributed by atoms with Crippen LogP contribution in [0.15, 0.2) is 36.4 Å². The number of rotatable bonds is 6. The van der Waals surface area contributed by atoms with E-state index in [2.05, 4.69) is 5.32 Å². The predicted molar refractivity (Wildman–Crippen MR) is 130 cm³/mol. The number of aromatic nitrogens is 1. The van der Waals surface area contributed by atoms with Crippen LogP contribution in [0.3, 0.4) is 0 Å². The first kappa shape index (κ1) is 26.1. The van der Waals surface area contributed by atoms with Gasteiger partial charge in [0.05, 0.1) is 23.8 Å². The normalized spacial score (nSPS) is 11.6. The van der Waals surface area contributed by atoms with Gasteiger partial charge in [-0.25, -0.2) is 18.4 Å². The number of halogens is 2. The number of alkyl carbamates (subject to hydrolysis) is 1. The molecule has 1 N–H and O–H groups in total. The molecule has 0 atom stereocenters. The van der Waals surface area contributed by atoms with E-state index in [-0.39, 0.29) is 29.2 Å². The molecule has 1 amide bonds. The van der Waals surface area contributed by atoms with Gasteiger partial charge in [-0.3, -0.25) is 4.98 Å². The summed E-state index contributed by atoms with van der Waals surface area (Å²) in [5.41, 5.74) is 0.961. The smallest absolute Gasteiger partial charge is 0.407 e. The Kier molecular flexibility index (Phi) is 7.73. The van der Waals surface area contributed by atoms with E-state index < -0.39 is 29.3 Å². The zero-order chi connectivity index (χ0) is 25.9. The maximum Gasteiger partial charge on any atom is 0.407 e. The van der Waals surface area contributed by atoms with Crippen molar-refractivity contribution in [2.75, 3.05) is 7.11 Å². The molecule has 186 valence electrons. The van der Waals surface area contributed by atoms with Crippen LogP contribution in [0.5, 0.6) is 0 Å². The minimum atomic E-state index is -0.769. The largest absolute Gasteiger partial charge is 0.465 e. The summed E-state index contributed by atoms with van der Waals surface area (Å²) in [6, 6.07) is 8.31. The molecule has 3 aromatic rings. The van der Waals surface area contributed by atoms with Gasteiger partial charge in [-0.2, -0.15) is 0 Å². The summed E-state index contributed by atoms with van der Waals surface area (Å²) in [6.45, 7) is 9.14. The summed E-state index contributed by atoms with van der Waals surface area (Å²) in [5.74, 6) is -1.95. The molecule has 0 aliphatic heterocycles. The second-order valence-corrected chi connectivity index (χ2v) is 9.69. The summed E-state index contributed by atoms with van der Waals surface area (Å²) < 4.78 is 40.4. The van der Waals surface area contributed by atoms with Gasteiger partial charge in [0.1, 0.15) is 17.2 Å². The zero-order valence-corrected chi connectivity index (χ0v) is 20.8. The van der Waals surface area contributed by atoms with Gasteiger partial charge in [-0.15, -0.1) is 0 Å². The Balaban J connectivity index is 2.33. The average molecular weight is 485 g/mol. The first-order chi connectivity index (χ1) is 16.4. The topological polar surface area (TPSA) is 77.5 Å². The van der Waals surface area contributed by atoms with Crippen LogP contribution >= 0.6 is 0 Å². The van der Waals surface area contributed by atoms with Gasteiger partial charge in [0.15, 0.2) is 0 Å². The number of pyridine rings is 1. The Morgan fingerprint density at radius 3 is 2.29 bits per heavy atom. The van der Waals surface area contributed by atoms with Crippen molar-refractivity contribution in [1.82, 2.24) is 10.3 Å². The molecule has 1 heterocycles. The van der Waals surface area contributed by atoms with E-state index in [9.17, 15) is 9.59 Å². The Bertz CT molecular complexity index is 1250. The standard InChI is InChI=1S/C27H30F2N2O4/c1-15(2)12-22-18(14-30-26(33)35-27(3,4)5)23(24-19(28)8-7-9-20(24)29)17-13-16(25(32)34-6)10-11-21(17)31-22/h7-11,13,15H,12,14H2,1-6H3,(H,30,33). The zero-order valence-electron chi connectivity index (χ0n) is 20.8. The molecule has 3 rings (SSSR count). The Labute approximate surface area is 203 Å². The van der Waals surface area contributed by atoms with Crippen molar-refractivity contribution >= 4 is 23.0 Å². The van der Waals surface area contributed by atoms with Crippen LogP contribution in [-0.2, 0) is 22.4 Å². The second kappa shape index (κ2) is 10.4. The van der Waals surface area contributed by atoms with E-state index in [1.807, 2.05) is 13.8 Å². The predicted octanol–water partition coefficient (Wildman–Crippen LogP) is 6.19. The number of fused-ring (bicyclic) bond motifs is 1. The number of nitrogens with one attached hydrogen (secondary N) is 1. The van der Waals surface area contributed by atoms with Gasteiger partial charge in [0.2, 0.25) is 0 Å². The van der Waals surface area contributed by atoms with Crippen molar-refractivity contribution in [2.45, 2.75) is 53.2 Å². The highest BCUT2D eigenvalue weighted by atomic mass is 19.1. The number of hydrogen-bond acceptors (Lipinski definition) is 5. The summed E-state index contributed by atoms with van der Waals surface area (Å²) >= 11 is 0. The number of benzene rings is 2. The van der Waals surface area contributed by atoms with Crippen molar-refractivity contribution in [3.05, 3.63) is 64.9 Å². The van der Waals surface area contributed by atoms with E-state index in [0.29, 0.717) is 28.6 Å². The van der Waals surface area contributed by atoms with Gasteiger partial charge >= 0.3 is 12.1 Å². The van der Waals surface area contributed by atoms with Gasteiger partial charge in [0, 0.05) is 28.8 Å². The van der Waals surface area contributed by atoms with Gasteiger partial charge < -0.3 is 14.8 Å². The molecule has 0 bridgehead atoms. The fourth-order valence-electron chi connectivity index (χ4n) is 3.84. The molecule has 0 fully saturated rings. The molecule has 8 heteroatoms. The fourth-order valence-corrected chi connectivity index (χ4v) is 3.84. The maximum absolute atomic E-state index is 15.1. The first-order valence-electron chi connectivity index (χ1n) is 11.4. The third-order valence-corrected chi connectivity index (χ3v) is 5.22. The molecule has 0 aliphatic carbocycles.